The van der Waals surface area contributed by atoms with Crippen LogP contribution >= 0.6 is 28.3 Å². The molecule has 0 saturated carbocycles. The Bertz CT molecular complexity index is 499. The van der Waals surface area contributed by atoms with Crippen LogP contribution in [0.25, 0.3) is 0 Å². The molecule has 1 fully saturated rings. The summed E-state index contributed by atoms with van der Waals surface area (Å²) >= 11 is 3.44. The van der Waals surface area contributed by atoms with Crippen molar-refractivity contribution in [1.29, 1.82) is 0 Å². The van der Waals surface area contributed by atoms with Crippen molar-refractivity contribution in [1.82, 2.24) is 4.90 Å². The smallest absolute Gasteiger partial charge is 0.263 e. The minimum Gasteiger partial charge on any atom is -0.480 e. The lowest BCUT2D eigenvalue weighted by molar-refractivity contribution is -0.142. The first kappa shape index (κ1) is 19.3. The van der Waals surface area contributed by atoms with E-state index in [4.69, 9.17) is 10.5 Å². The summed E-state index contributed by atoms with van der Waals surface area (Å²) < 4.78 is 6.66. The van der Waals surface area contributed by atoms with Gasteiger partial charge in [-0.05, 0) is 61.2 Å². The number of carbonyl (C=O) groups is 1. The fourth-order valence-corrected chi connectivity index (χ4v) is 3.17. The van der Waals surface area contributed by atoms with Crippen molar-refractivity contribution in [3.63, 3.8) is 0 Å². The van der Waals surface area contributed by atoms with Gasteiger partial charge in [0, 0.05) is 18.6 Å². The van der Waals surface area contributed by atoms with Gasteiger partial charge in [-0.25, -0.2) is 0 Å². The molecule has 0 aliphatic carbocycles. The van der Waals surface area contributed by atoms with Crippen LogP contribution in [0.4, 0.5) is 0 Å². The third-order valence-corrected chi connectivity index (χ3v) is 4.58. The van der Waals surface area contributed by atoms with Crippen molar-refractivity contribution in [3.8, 4) is 5.75 Å². The molecular formula is C16H24BrClN2O2. The number of hydrogen-bond donors (Lipinski definition) is 1. The van der Waals surface area contributed by atoms with Crippen molar-refractivity contribution in [2.45, 2.75) is 51.3 Å². The molecule has 1 aliphatic rings. The van der Waals surface area contributed by atoms with Gasteiger partial charge in [0.15, 0.2) is 6.10 Å². The van der Waals surface area contributed by atoms with Gasteiger partial charge < -0.3 is 15.4 Å². The van der Waals surface area contributed by atoms with Crippen LogP contribution in [0.5, 0.6) is 5.75 Å². The minimum atomic E-state index is -0.511. The minimum absolute atomic E-state index is 0. The molecule has 6 heteroatoms. The molecule has 3 atom stereocenters. The van der Waals surface area contributed by atoms with Gasteiger partial charge >= 0.3 is 0 Å². The molecule has 1 aromatic rings. The Kier molecular flexibility index (Phi) is 7.66. The summed E-state index contributed by atoms with van der Waals surface area (Å²) in [5.74, 6) is 0.709. The second-order valence-corrected chi connectivity index (χ2v) is 6.50. The summed E-state index contributed by atoms with van der Waals surface area (Å²) in [5, 5.41) is 0. The summed E-state index contributed by atoms with van der Waals surface area (Å²) in [6.07, 6.45) is 2.64. The van der Waals surface area contributed by atoms with E-state index in [0.717, 1.165) is 30.3 Å². The Morgan fingerprint density at radius 2 is 2.05 bits per heavy atom. The highest BCUT2D eigenvalue weighted by Crippen LogP contribution is 2.26. The van der Waals surface area contributed by atoms with E-state index in [1.54, 1.807) is 6.92 Å². The number of hydrogen-bond acceptors (Lipinski definition) is 3. The van der Waals surface area contributed by atoms with E-state index in [0.29, 0.717) is 5.75 Å². The summed E-state index contributed by atoms with van der Waals surface area (Å²) in [7, 11) is 0. The van der Waals surface area contributed by atoms with Crippen LogP contribution in [-0.2, 0) is 4.79 Å². The number of para-hydroxylation sites is 1. The number of piperidine rings is 1. The molecule has 0 spiro atoms. The van der Waals surface area contributed by atoms with E-state index in [1.807, 2.05) is 36.1 Å². The second kappa shape index (κ2) is 8.75. The van der Waals surface area contributed by atoms with Gasteiger partial charge in [-0.15, -0.1) is 12.4 Å². The SMILES string of the molecule is CC(Oc1ccccc1Br)C(=O)N1CCCCC1C(C)N.Cl. The molecule has 22 heavy (non-hydrogen) atoms. The predicted octanol–water partition coefficient (Wildman–Crippen LogP) is 3.37. The number of benzene rings is 1. The number of carbonyl (C=O) groups excluding carboxylic acids is 1. The molecule has 2 rings (SSSR count). The first-order valence-electron chi connectivity index (χ1n) is 7.48. The lowest BCUT2D eigenvalue weighted by Gasteiger charge is -2.39. The van der Waals surface area contributed by atoms with E-state index >= 15 is 0 Å². The maximum Gasteiger partial charge on any atom is 0.263 e. The van der Waals surface area contributed by atoms with E-state index < -0.39 is 6.10 Å². The van der Waals surface area contributed by atoms with Crippen LogP contribution in [0.15, 0.2) is 28.7 Å². The highest BCUT2D eigenvalue weighted by atomic mass is 79.9. The van der Waals surface area contributed by atoms with Crippen molar-refractivity contribution in [2.75, 3.05) is 6.54 Å². The normalized spacial score (nSPS) is 20.7. The van der Waals surface area contributed by atoms with E-state index in [9.17, 15) is 4.79 Å². The van der Waals surface area contributed by atoms with Gasteiger partial charge in [0.1, 0.15) is 5.75 Å². The zero-order chi connectivity index (χ0) is 15.4. The topological polar surface area (TPSA) is 55.6 Å². The number of nitrogens with two attached hydrogens (primary N) is 1. The molecular weight excluding hydrogens is 368 g/mol. The van der Waals surface area contributed by atoms with Gasteiger partial charge in [0.05, 0.1) is 4.47 Å². The van der Waals surface area contributed by atoms with E-state index in [2.05, 4.69) is 15.9 Å². The summed E-state index contributed by atoms with van der Waals surface area (Å²) in [4.78, 5) is 14.6. The lowest BCUT2D eigenvalue weighted by Crippen LogP contribution is -2.54. The molecule has 2 N–H and O–H groups in total. The standard InChI is InChI=1S/C16H23BrN2O2.ClH/c1-11(18)14-8-5-6-10-19(14)16(20)12(2)21-15-9-4-3-7-13(15)17;/h3-4,7,9,11-12,14H,5-6,8,10,18H2,1-2H3;1H. The number of likely N-dealkylation sites (tertiary alicyclic amines) is 1. The molecule has 0 radical (unpaired) electrons. The lowest BCUT2D eigenvalue weighted by atomic mass is 9.96. The largest absolute Gasteiger partial charge is 0.480 e. The predicted molar refractivity (Wildman–Crippen MR) is 94.5 cm³/mol. The molecule has 0 aromatic heterocycles. The Balaban J connectivity index is 0.00000242. The summed E-state index contributed by atoms with van der Waals surface area (Å²) in [6, 6.07) is 7.68. The first-order chi connectivity index (χ1) is 10.0. The number of ether oxygens (including phenoxy) is 1. The van der Waals surface area contributed by atoms with Crippen LogP contribution in [0.3, 0.4) is 0 Å². The van der Waals surface area contributed by atoms with Crippen LogP contribution < -0.4 is 10.5 Å². The van der Waals surface area contributed by atoms with Gasteiger partial charge in [0.2, 0.25) is 0 Å². The maximum absolute atomic E-state index is 12.7. The van der Waals surface area contributed by atoms with Crippen LogP contribution in [0, 0.1) is 0 Å². The molecule has 1 amide bonds. The molecule has 1 saturated heterocycles. The van der Waals surface area contributed by atoms with E-state index in [1.165, 1.54) is 0 Å². The van der Waals surface area contributed by atoms with Crippen molar-refractivity contribution in [2.24, 2.45) is 5.73 Å². The Morgan fingerprint density at radius 3 is 2.68 bits per heavy atom. The Morgan fingerprint density at radius 1 is 1.36 bits per heavy atom. The molecule has 1 aromatic carbocycles. The highest BCUT2D eigenvalue weighted by molar-refractivity contribution is 9.10. The Hall–Kier alpha value is -0.780. The molecule has 0 bridgehead atoms. The molecule has 1 heterocycles. The van der Waals surface area contributed by atoms with Crippen LogP contribution in [-0.4, -0.2) is 35.5 Å². The zero-order valence-electron chi connectivity index (χ0n) is 13.0. The molecule has 1 aliphatic heterocycles. The first-order valence-corrected chi connectivity index (χ1v) is 8.27. The van der Waals surface area contributed by atoms with Gasteiger partial charge in [-0.3, -0.25) is 4.79 Å². The molecule has 124 valence electrons. The number of halogens is 2. The number of rotatable bonds is 4. The van der Waals surface area contributed by atoms with Crippen molar-refractivity contribution < 1.29 is 9.53 Å². The quantitative estimate of drug-likeness (QED) is 0.856. The maximum atomic E-state index is 12.7. The second-order valence-electron chi connectivity index (χ2n) is 5.64. The van der Waals surface area contributed by atoms with Crippen LogP contribution in [0.1, 0.15) is 33.1 Å². The van der Waals surface area contributed by atoms with Gasteiger partial charge in [-0.2, -0.15) is 0 Å². The monoisotopic (exact) mass is 390 g/mol. The number of nitrogens with zero attached hydrogens (tertiary/aromatic N) is 1. The Labute approximate surface area is 146 Å². The third kappa shape index (κ3) is 4.61. The average molecular weight is 392 g/mol. The summed E-state index contributed by atoms with van der Waals surface area (Å²) in [6.45, 7) is 4.54. The third-order valence-electron chi connectivity index (χ3n) is 3.93. The highest BCUT2D eigenvalue weighted by Gasteiger charge is 2.32. The van der Waals surface area contributed by atoms with E-state index in [-0.39, 0.29) is 30.4 Å². The molecule has 3 unspecified atom stereocenters. The van der Waals surface area contributed by atoms with Crippen molar-refractivity contribution in [3.05, 3.63) is 28.7 Å². The van der Waals surface area contributed by atoms with Crippen LogP contribution in [0.2, 0.25) is 0 Å². The number of amides is 1. The summed E-state index contributed by atoms with van der Waals surface area (Å²) in [5.41, 5.74) is 6.03. The zero-order valence-corrected chi connectivity index (χ0v) is 15.4. The van der Waals surface area contributed by atoms with Gasteiger partial charge in [-0.1, -0.05) is 12.1 Å². The fourth-order valence-electron chi connectivity index (χ4n) is 2.79. The average Bonchev–Trinajstić information content (AvgIpc) is 2.48. The molecule has 4 nitrogen and oxygen atoms in total. The van der Waals surface area contributed by atoms with Gasteiger partial charge in [0.25, 0.3) is 5.91 Å². The fraction of sp³-hybridized carbons (Fsp3) is 0.562. The van der Waals surface area contributed by atoms with Crippen molar-refractivity contribution >= 4 is 34.2 Å².